The molecule has 6 heteroatoms. The molecule has 2 rings (SSSR count). The van der Waals surface area contributed by atoms with E-state index in [-0.39, 0.29) is 5.56 Å². The van der Waals surface area contributed by atoms with Crippen molar-refractivity contribution in [3.05, 3.63) is 69.7 Å². The number of nitrogens with zero attached hydrogens (tertiary/aromatic N) is 1. The molecule has 0 aromatic heterocycles. The van der Waals surface area contributed by atoms with Crippen LogP contribution in [0.2, 0.25) is 0 Å². The molecule has 0 heterocycles. The second-order valence-electron chi connectivity index (χ2n) is 3.84. The molecule has 0 saturated carbocycles. The van der Waals surface area contributed by atoms with Gasteiger partial charge < -0.3 is 0 Å². The molecule has 102 valence electrons. The van der Waals surface area contributed by atoms with Crippen LogP contribution in [0.5, 0.6) is 0 Å². The SMILES string of the molecule is O=C(N/N=C\c1ccc(F)cc1F)c1ccccc1Br. The number of hydrogen-bond acceptors (Lipinski definition) is 2. The highest BCUT2D eigenvalue weighted by Gasteiger charge is 2.07. The average Bonchev–Trinajstić information content (AvgIpc) is 2.41. The topological polar surface area (TPSA) is 41.5 Å². The van der Waals surface area contributed by atoms with E-state index >= 15 is 0 Å². The number of halogens is 3. The fourth-order valence-corrected chi connectivity index (χ4v) is 1.94. The number of hydrogen-bond donors (Lipinski definition) is 1. The van der Waals surface area contributed by atoms with Crippen LogP contribution in [0.4, 0.5) is 8.78 Å². The van der Waals surface area contributed by atoms with E-state index in [2.05, 4.69) is 26.5 Å². The fourth-order valence-electron chi connectivity index (χ4n) is 1.47. The number of carbonyl (C=O) groups is 1. The summed E-state index contributed by atoms with van der Waals surface area (Å²) in [6.07, 6.45) is 1.11. The summed E-state index contributed by atoms with van der Waals surface area (Å²) in [6, 6.07) is 9.92. The van der Waals surface area contributed by atoms with Crippen LogP contribution in [0.1, 0.15) is 15.9 Å². The van der Waals surface area contributed by atoms with Crippen molar-refractivity contribution in [3.8, 4) is 0 Å². The van der Waals surface area contributed by atoms with Gasteiger partial charge in [0.05, 0.1) is 11.8 Å². The highest BCUT2D eigenvalue weighted by Crippen LogP contribution is 2.15. The average molecular weight is 339 g/mol. The highest BCUT2D eigenvalue weighted by molar-refractivity contribution is 9.10. The van der Waals surface area contributed by atoms with Crippen molar-refractivity contribution in [2.45, 2.75) is 0 Å². The lowest BCUT2D eigenvalue weighted by atomic mass is 10.2. The normalized spacial score (nSPS) is 10.8. The maximum absolute atomic E-state index is 13.3. The molecule has 0 saturated heterocycles. The molecule has 2 aromatic carbocycles. The van der Waals surface area contributed by atoms with Crippen molar-refractivity contribution in [1.82, 2.24) is 5.43 Å². The molecule has 1 amide bonds. The van der Waals surface area contributed by atoms with E-state index < -0.39 is 17.5 Å². The zero-order valence-electron chi connectivity index (χ0n) is 10.1. The third-order valence-electron chi connectivity index (χ3n) is 2.45. The van der Waals surface area contributed by atoms with Crippen LogP contribution >= 0.6 is 15.9 Å². The van der Waals surface area contributed by atoms with E-state index in [1.807, 2.05) is 0 Å². The van der Waals surface area contributed by atoms with Crippen LogP contribution in [-0.2, 0) is 0 Å². The Morgan fingerprint density at radius 2 is 1.95 bits per heavy atom. The van der Waals surface area contributed by atoms with Crippen molar-refractivity contribution in [2.24, 2.45) is 5.10 Å². The Bertz CT molecular complexity index is 674. The minimum Gasteiger partial charge on any atom is -0.267 e. The predicted molar refractivity (Wildman–Crippen MR) is 75.6 cm³/mol. The summed E-state index contributed by atoms with van der Waals surface area (Å²) in [5.41, 5.74) is 2.76. The van der Waals surface area contributed by atoms with Gasteiger partial charge in [-0.15, -0.1) is 0 Å². The number of nitrogens with one attached hydrogen (secondary N) is 1. The van der Waals surface area contributed by atoms with Gasteiger partial charge in [0.15, 0.2) is 0 Å². The van der Waals surface area contributed by atoms with Gasteiger partial charge in [-0.05, 0) is 40.2 Å². The van der Waals surface area contributed by atoms with Crippen LogP contribution in [0, 0.1) is 11.6 Å². The minimum absolute atomic E-state index is 0.0822. The molecule has 2 aromatic rings. The molecule has 0 aliphatic carbocycles. The standard InChI is InChI=1S/C14H9BrF2N2O/c15-12-4-2-1-3-11(12)14(20)19-18-8-9-5-6-10(16)7-13(9)17/h1-8H,(H,19,20)/b18-8-. The smallest absolute Gasteiger partial charge is 0.267 e. The number of rotatable bonds is 3. The zero-order valence-corrected chi connectivity index (χ0v) is 11.7. The first kappa shape index (κ1) is 14.3. The summed E-state index contributed by atoms with van der Waals surface area (Å²) in [4.78, 5) is 11.8. The Hall–Kier alpha value is -2.08. The summed E-state index contributed by atoms with van der Waals surface area (Å²) in [7, 11) is 0. The summed E-state index contributed by atoms with van der Waals surface area (Å²) in [5, 5.41) is 3.64. The predicted octanol–water partition coefficient (Wildman–Crippen LogP) is 3.49. The number of hydrazone groups is 1. The van der Waals surface area contributed by atoms with Gasteiger partial charge in [-0.3, -0.25) is 4.79 Å². The summed E-state index contributed by atoms with van der Waals surface area (Å²) in [5.74, 6) is -1.85. The number of benzene rings is 2. The van der Waals surface area contributed by atoms with Crippen LogP contribution in [-0.4, -0.2) is 12.1 Å². The monoisotopic (exact) mass is 338 g/mol. The van der Waals surface area contributed by atoms with Crippen molar-refractivity contribution < 1.29 is 13.6 Å². The van der Waals surface area contributed by atoms with Gasteiger partial charge in [-0.1, -0.05) is 12.1 Å². The lowest BCUT2D eigenvalue weighted by Crippen LogP contribution is -2.18. The lowest BCUT2D eigenvalue weighted by molar-refractivity contribution is 0.0954. The van der Waals surface area contributed by atoms with Gasteiger partial charge >= 0.3 is 0 Å². The van der Waals surface area contributed by atoms with E-state index in [0.29, 0.717) is 10.0 Å². The second-order valence-corrected chi connectivity index (χ2v) is 4.70. The van der Waals surface area contributed by atoms with Gasteiger partial charge in [0.2, 0.25) is 0 Å². The molecule has 20 heavy (non-hydrogen) atoms. The Labute approximate surface area is 122 Å². The molecule has 0 aliphatic heterocycles. The molecule has 0 fully saturated rings. The Morgan fingerprint density at radius 1 is 1.20 bits per heavy atom. The highest BCUT2D eigenvalue weighted by atomic mass is 79.9. The second kappa shape index (κ2) is 6.38. The van der Waals surface area contributed by atoms with Crippen molar-refractivity contribution in [3.63, 3.8) is 0 Å². The summed E-state index contributed by atoms with van der Waals surface area (Å²) >= 11 is 3.24. The molecule has 3 nitrogen and oxygen atoms in total. The van der Waals surface area contributed by atoms with E-state index in [0.717, 1.165) is 18.3 Å². The van der Waals surface area contributed by atoms with Gasteiger partial charge in [0, 0.05) is 16.1 Å². The number of amides is 1. The van der Waals surface area contributed by atoms with Gasteiger partial charge in [0.25, 0.3) is 5.91 Å². The maximum atomic E-state index is 13.3. The zero-order chi connectivity index (χ0) is 14.5. The molecule has 0 radical (unpaired) electrons. The lowest BCUT2D eigenvalue weighted by Gasteiger charge is -2.02. The van der Waals surface area contributed by atoms with Gasteiger partial charge in [-0.25, -0.2) is 14.2 Å². The van der Waals surface area contributed by atoms with Crippen molar-refractivity contribution >= 4 is 28.1 Å². The molecular formula is C14H9BrF2N2O. The van der Waals surface area contributed by atoms with Gasteiger partial charge in [0.1, 0.15) is 11.6 Å². The Morgan fingerprint density at radius 3 is 2.65 bits per heavy atom. The third-order valence-corrected chi connectivity index (χ3v) is 3.14. The van der Waals surface area contributed by atoms with E-state index in [4.69, 9.17) is 0 Å². The quantitative estimate of drug-likeness (QED) is 0.675. The number of carbonyl (C=O) groups excluding carboxylic acids is 1. The first-order valence-electron chi connectivity index (χ1n) is 5.61. The van der Waals surface area contributed by atoms with Crippen LogP contribution in [0.3, 0.4) is 0 Å². The Balaban J connectivity index is 2.07. The van der Waals surface area contributed by atoms with Crippen LogP contribution < -0.4 is 5.43 Å². The molecule has 0 aliphatic rings. The maximum Gasteiger partial charge on any atom is 0.272 e. The molecule has 0 bridgehead atoms. The first-order valence-corrected chi connectivity index (χ1v) is 6.40. The molecule has 0 unspecified atom stereocenters. The first-order chi connectivity index (χ1) is 9.58. The Kier molecular flexibility index (Phi) is 4.57. The van der Waals surface area contributed by atoms with E-state index in [1.54, 1.807) is 24.3 Å². The summed E-state index contributed by atoms with van der Waals surface area (Å²) < 4.78 is 26.6. The van der Waals surface area contributed by atoms with Crippen LogP contribution in [0.25, 0.3) is 0 Å². The largest absolute Gasteiger partial charge is 0.272 e. The van der Waals surface area contributed by atoms with E-state index in [1.165, 1.54) is 6.07 Å². The van der Waals surface area contributed by atoms with E-state index in [9.17, 15) is 13.6 Å². The van der Waals surface area contributed by atoms with Gasteiger partial charge in [-0.2, -0.15) is 5.10 Å². The third kappa shape index (κ3) is 3.48. The summed E-state index contributed by atoms with van der Waals surface area (Å²) in [6.45, 7) is 0. The molecule has 0 spiro atoms. The molecule has 1 N–H and O–H groups in total. The molecular weight excluding hydrogens is 330 g/mol. The minimum atomic E-state index is -0.746. The van der Waals surface area contributed by atoms with Crippen molar-refractivity contribution in [2.75, 3.05) is 0 Å². The van der Waals surface area contributed by atoms with Crippen molar-refractivity contribution in [1.29, 1.82) is 0 Å². The van der Waals surface area contributed by atoms with Crippen LogP contribution in [0.15, 0.2) is 52.0 Å². The fraction of sp³-hybridized carbons (Fsp3) is 0. The molecule has 0 atom stereocenters.